The van der Waals surface area contributed by atoms with E-state index in [4.69, 9.17) is 9.47 Å². The van der Waals surface area contributed by atoms with Crippen LogP contribution in [0.5, 0.6) is 5.88 Å². The van der Waals surface area contributed by atoms with Crippen LogP contribution in [0.4, 0.5) is 4.39 Å². The van der Waals surface area contributed by atoms with Crippen molar-refractivity contribution < 1.29 is 27.1 Å². The van der Waals surface area contributed by atoms with Gasteiger partial charge in [-0.25, -0.2) is 17.6 Å². The molecule has 0 bridgehead atoms. The van der Waals surface area contributed by atoms with Gasteiger partial charge in [0.1, 0.15) is 16.6 Å². The molecule has 0 aliphatic carbocycles. The molecule has 10 heteroatoms. The van der Waals surface area contributed by atoms with E-state index in [9.17, 15) is 17.6 Å². The van der Waals surface area contributed by atoms with Gasteiger partial charge in [-0.1, -0.05) is 19.6 Å². The topological polar surface area (TPSA) is 82.6 Å². The van der Waals surface area contributed by atoms with Crippen LogP contribution in [0, 0.1) is 5.82 Å². The number of sulfone groups is 1. The summed E-state index contributed by atoms with van der Waals surface area (Å²) in [5, 5.41) is 0. The summed E-state index contributed by atoms with van der Waals surface area (Å²) < 4.78 is 51.5. The monoisotopic (exact) mass is 431 g/mol. The third-order valence-corrected chi connectivity index (χ3v) is 7.83. The van der Waals surface area contributed by atoms with Crippen LogP contribution in [0.1, 0.15) is 15.9 Å². The fourth-order valence-electron chi connectivity index (χ4n) is 1.98. The summed E-state index contributed by atoms with van der Waals surface area (Å²) in [6.07, 6.45) is 1.07. The molecule has 0 fully saturated rings. The van der Waals surface area contributed by atoms with Crippen LogP contribution in [0.3, 0.4) is 0 Å². The Bertz CT molecular complexity index is 922. The highest BCUT2D eigenvalue weighted by atomic mass is 32.2. The van der Waals surface area contributed by atoms with Crippen molar-refractivity contribution in [2.45, 2.75) is 36.5 Å². The number of hydrogen-bond donors (Lipinski definition) is 0. The molecular formula is C17H22FNO5S2Si. The molecular weight excluding hydrogens is 409 g/mol. The van der Waals surface area contributed by atoms with Gasteiger partial charge >= 0.3 is 5.97 Å². The van der Waals surface area contributed by atoms with Gasteiger partial charge in [-0.3, -0.25) is 0 Å². The van der Waals surface area contributed by atoms with Crippen LogP contribution in [-0.4, -0.2) is 39.7 Å². The lowest BCUT2D eigenvalue weighted by atomic mass is 10.1. The van der Waals surface area contributed by atoms with Crippen LogP contribution >= 0.6 is 11.5 Å². The SMILES string of the molecule is C[Si](C)(C)CCOC(=O)c1ccc(F)c(COc2cc(S(C)(=O)=O)sn2)c1. The standard InChI is InChI=1S/C17H22FNO5S2Si/c1-26(21,22)16-10-15(19-25-16)24-11-13-9-12(5-6-14(13)18)17(20)23-7-8-27(2,3)4/h5-6,9-10H,7-8,11H2,1-4H3. The lowest BCUT2D eigenvalue weighted by Gasteiger charge is -2.15. The molecule has 0 spiro atoms. The van der Waals surface area contributed by atoms with E-state index >= 15 is 0 Å². The van der Waals surface area contributed by atoms with E-state index in [1.807, 2.05) is 0 Å². The lowest BCUT2D eigenvalue weighted by molar-refractivity contribution is 0.0525. The molecule has 0 atom stereocenters. The predicted molar refractivity (Wildman–Crippen MR) is 104 cm³/mol. The molecule has 1 aromatic heterocycles. The van der Waals surface area contributed by atoms with E-state index in [0.29, 0.717) is 6.61 Å². The van der Waals surface area contributed by atoms with Crippen molar-refractivity contribution >= 4 is 35.4 Å². The summed E-state index contributed by atoms with van der Waals surface area (Å²) in [5.74, 6) is -0.960. The average Bonchev–Trinajstić information content (AvgIpc) is 3.02. The minimum atomic E-state index is -3.37. The first-order valence-electron chi connectivity index (χ1n) is 8.21. The first kappa shape index (κ1) is 21.5. The summed E-state index contributed by atoms with van der Waals surface area (Å²) in [5.41, 5.74) is 0.393. The van der Waals surface area contributed by atoms with Gasteiger partial charge in [0.25, 0.3) is 0 Å². The highest BCUT2D eigenvalue weighted by Crippen LogP contribution is 2.23. The Kier molecular flexibility index (Phi) is 6.76. The number of halogens is 1. The van der Waals surface area contributed by atoms with Crippen LogP contribution in [0.15, 0.2) is 28.5 Å². The van der Waals surface area contributed by atoms with E-state index in [1.165, 1.54) is 24.3 Å². The van der Waals surface area contributed by atoms with Gasteiger partial charge in [0.2, 0.25) is 5.88 Å². The molecule has 0 amide bonds. The Hall–Kier alpha value is -1.78. The Morgan fingerprint density at radius 1 is 1.26 bits per heavy atom. The molecule has 0 N–H and O–H groups in total. The molecule has 0 saturated heterocycles. The van der Waals surface area contributed by atoms with Gasteiger partial charge in [-0.2, -0.15) is 4.37 Å². The van der Waals surface area contributed by atoms with Gasteiger partial charge in [-0.15, -0.1) is 0 Å². The number of esters is 1. The number of ether oxygens (including phenoxy) is 2. The smallest absolute Gasteiger partial charge is 0.338 e. The fraction of sp³-hybridized carbons (Fsp3) is 0.412. The van der Waals surface area contributed by atoms with Crippen molar-refractivity contribution in [1.82, 2.24) is 4.37 Å². The van der Waals surface area contributed by atoms with Crippen molar-refractivity contribution in [3.8, 4) is 5.88 Å². The first-order valence-corrected chi connectivity index (χ1v) is 14.6. The normalized spacial score (nSPS) is 12.0. The molecule has 0 unspecified atom stereocenters. The van der Waals surface area contributed by atoms with Gasteiger partial charge in [0.15, 0.2) is 9.84 Å². The van der Waals surface area contributed by atoms with Crippen molar-refractivity contribution in [1.29, 1.82) is 0 Å². The molecule has 2 rings (SSSR count). The van der Waals surface area contributed by atoms with Crippen LogP contribution < -0.4 is 4.74 Å². The Morgan fingerprint density at radius 2 is 1.96 bits per heavy atom. The summed E-state index contributed by atoms with van der Waals surface area (Å²) in [6.45, 7) is 6.70. The Balaban J connectivity index is 2.02. The number of benzene rings is 1. The van der Waals surface area contributed by atoms with Gasteiger partial charge in [-0.05, 0) is 35.8 Å². The van der Waals surface area contributed by atoms with Gasteiger partial charge in [0, 0.05) is 26.0 Å². The second-order valence-corrected chi connectivity index (χ2v) is 16.0. The number of hydrogen-bond acceptors (Lipinski definition) is 7. The molecule has 2 aromatic rings. The number of rotatable bonds is 8. The number of nitrogens with zero attached hydrogens (tertiary/aromatic N) is 1. The number of carbonyl (C=O) groups excluding carboxylic acids is 1. The number of aromatic nitrogens is 1. The third-order valence-electron chi connectivity index (χ3n) is 3.57. The first-order chi connectivity index (χ1) is 12.5. The summed E-state index contributed by atoms with van der Waals surface area (Å²) in [7, 11) is -4.68. The maximum atomic E-state index is 14.0. The van der Waals surface area contributed by atoms with Gasteiger partial charge in [0.05, 0.1) is 12.2 Å². The molecule has 1 heterocycles. The third kappa shape index (κ3) is 6.71. The zero-order chi connectivity index (χ0) is 20.2. The number of carbonyl (C=O) groups is 1. The summed E-state index contributed by atoms with van der Waals surface area (Å²) in [4.78, 5) is 12.1. The molecule has 0 aliphatic rings. The zero-order valence-electron chi connectivity index (χ0n) is 15.6. The van der Waals surface area contributed by atoms with E-state index < -0.39 is 29.7 Å². The molecule has 6 nitrogen and oxygen atoms in total. The van der Waals surface area contributed by atoms with E-state index in [2.05, 4.69) is 24.0 Å². The molecule has 148 valence electrons. The molecule has 27 heavy (non-hydrogen) atoms. The van der Waals surface area contributed by atoms with Crippen molar-refractivity contribution in [2.75, 3.05) is 12.9 Å². The average molecular weight is 432 g/mol. The fourth-order valence-corrected chi connectivity index (χ4v) is 4.11. The van der Waals surface area contributed by atoms with Crippen molar-refractivity contribution in [2.24, 2.45) is 0 Å². The Morgan fingerprint density at radius 3 is 2.56 bits per heavy atom. The maximum absolute atomic E-state index is 14.0. The lowest BCUT2D eigenvalue weighted by Crippen LogP contribution is -2.22. The van der Waals surface area contributed by atoms with Gasteiger partial charge < -0.3 is 9.47 Å². The van der Waals surface area contributed by atoms with E-state index in [-0.39, 0.29) is 27.8 Å². The van der Waals surface area contributed by atoms with Crippen LogP contribution in [-0.2, 0) is 21.2 Å². The summed E-state index contributed by atoms with van der Waals surface area (Å²) in [6, 6.07) is 6.04. The molecule has 0 saturated carbocycles. The van der Waals surface area contributed by atoms with E-state index in [1.54, 1.807) is 0 Å². The summed E-state index contributed by atoms with van der Waals surface area (Å²) >= 11 is 0.787. The quantitative estimate of drug-likeness (QED) is 0.467. The van der Waals surface area contributed by atoms with Crippen molar-refractivity contribution in [3.05, 3.63) is 41.2 Å². The minimum absolute atomic E-state index is 0.0673. The Labute approximate surface area is 163 Å². The van der Waals surface area contributed by atoms with E-state index in [0.717, 1.165) is 23.8 Å². The predicted octanol–water partition coefficient (Wildman–Crippen LogP) is 3.76. The second-order valence-electron chi connectivity index (χ2n) is 7.30. The highest BCUT2D eigenvalue weighted by Gasteiger charge is 2.17. The zero-order valence-corrected chi connectivity index (χ0v) is 18.2. The van der Waals surface area contributed by atoms with Crippen LogP contribution in [0.25, 0.3) is 0 Å². The largest absolute Gasteiger partial charge is 0.472 e. The second kappa shape index (κ2) is 8.49. The van der Waals surface area contributed by atoms with Crippen LogP contribution in [0.2, 0.25) is 25.7 Å². The molecule has 1 aromatic carbocycles. The highest BCUT2D eigenvalue weighted by molar-refractivity contribution is 7.92. The van der Waals surface area contributed by atoms with Crippen molar-refractivity contribution in [3.63, 3.8) is 0 Å². The minimum Gasteiger partial charge on any atom is -0.472 e. The molecule has 0 aliphatic heterocycles. The maximum Gasteiger partial charge on any atom is 0.338 e. The molecule has 0 radical (unpaired) electrons.